The van der Waals surface area contributed by atoms with Crippen molar-refractivity contribution >= 4 is 5.57 Å². The summed E-state index contributed by atoms with van der Waals surface area (Å²) in [5.41, 5.74) is 8.67. The predicted molar refractivity (Wildman–Crippen MR) is 56.4 cm³/mol. The summed E-state index contributed by atoms with van der Waals surface area (Å²) in [5.74, 6) is 0. The van der Waals surface area contributed by atoms with Gasteiger partial charge in [0.2, 0.25) is 0 Å². The van der Waals surface area contributed by atoms with Gasteiger partial charge in [0.15, 0.2) is 0 Å². The first-order valence-electron chi connectivity index (χ1n) is 5.10. The summed E-state index contributed by atoms with van der Waals surface area (Å²) in [7, 11) is 0. The molecular weight excluding hydrogens is 174 g/mol. The van der Waals surface area contributed by atoms with Gasteiger partial charge in [0.25, 0.3) is 0 Å². The predicted octanol–water partition coefficient (Wildman–Crippen LogP) is 1.89. The fraction of sp³-hybridized carbons (Fsp3) is 0.455. The number of hydrogen-bond acceptors (Lipinski definition) is 3. The van der Waals surface area contributed by atoms with E-state index in [0.717, 1.165) is 17.8 Å². The Labute approximate surface area is 84.1 Å². The molecule has 0 spiro atoms. The summed E-state index contributed by atoms with van der Waals surface area (Å²) in [6.45, 7) is 0.465. The van der Waals surface area contributed by atoms with Crippen LogP contribution in [0.2, 0.25) is 0 Å². The molecule has 0 saturated carbocycles. The summed E-state index contributed by atoms with van der Waals surface area (Å²) in [6, 6.07) is 0. The molecule has 1 aliphatic rings. The van der Waals surface area contributed by atoms with Crippen molar-refractivity contribution < 1.29 is 0 Å². The van der Waals surface area contributed by atoms with Crippen molar-refractivity contribution in [3.05, 3.63) is 29.9 Å². The van der Waals surface area contributed by atoms with Crippen LogP contribution in [0.3, 0.4) is 0 Å². The standard InChI is InChI=1S/C11H15N3/c12-6-10-7-14-11(8-13-10)9-4-2-1-3-5-9/h4,7-8H,1-3,5-6,12H2. The SMILES string of the molecule is NCc1cnc(C2=CCCCC2)cn1. The number of aromatic nitrogens is 2. The number of allylic oxidation sites excluding steroid dienone is 2. The van der Waals surface area contributed by atoms with Crippen LogP contribution in [0, 0.1) is 0 Å². The highest BCUT2D eigenvalue weighted by atomic mass is 14.8. The van der Waals surface area contributed by atoms with Gasteiger partial charge < -0.3 is 5.73 Å². The number of hydrogen-bond donors (Lipinski definition) is 1. The lowest BCUT2D eigenvalue weighted by atomic mass is 9.97. The molecule has 0 saturated heterocycles. The van der Waals surface area contributed by atoms with Crippen molar-refractivity contribution in [2.75, 3.05) is 0 Å². The number of nitrogens with two attached hydrogens (primary N) is 1. The average Bonchev–Trinajstić information content (AvgIpc) is 2.30. The van der Waals surface area contributed by atoms with E-state index in [0.29, 0.717) is 6.54 Å². The Kier molecular flexibility index (Phi) is 2.89. The van der Waals surface area contributed by atoms with Crippen LogP contribution < -0.4 is 5.73 Å². The van der Waals surface area contributed by atoms with Crippen LogP contribution in [0.4, 0.5) is 0 Å². The van der Waals surface area contributed by atoms with Crippen molar-refractivity contribution in [3.63, 3.8) is 0 Å². The van der Waals surface area contributed by atoms with E-state index in [-0.39, 0.29) is 0 Å². The topological polar surface area (TPSA) is 51.8 Å². The van der Waals surface area contributed by atoms with Crippen molar-refractivity contribution in [1.29, 1.82) is 0 Å². The van der Waals surface area contributed by atoms with Crippen LogP contribution >= 0.6 is 0 Å². The van der Waals surface area contributed by atoms with E-state index in [2.05, 4.69) is 16.0 Å². The second kappa shape index (κ2) is 4.33. The zero-order valence-electron chi connectivity index (χ0n) is 8.24. The van der Waals surface area contributed by atoms with Crippen molar-refractivity contribution in [3.8, 4) is 0 Å². The third kappa shape index (κ3) is 1.99. The minimum atomic E-state index is 0.465. The molecule has 1 heterocycles. The van der Waals surface area contributed by atoms with Crippen LogP contribution in [-0.4, -0.2) is 9.97 Å². The summed E-state index contributed by atoms with van der Waals surface area (Å²) in [4.78, 5) is 8.61. The van der Waals surface area contributed by atoms with Crippen LogP contribution in [0.5, 0.6) is 0 Å². The average molecular weight is 189 g/mol. The van der Waals surface area contributed by atoms with Gasteiger partial charge in [-0.25, -0.2) is 0 Å². The lowest BCUT2D eigenvalue weighted by Gasteiger charge is -2.11. The minimum absolute atomic E-state index is 0.465. The first-order chi connectivity index (χ1) is 6.90. The van der Waals surface area contributed by atoms with Crippen LogP contribution in [0.25, 0.3) is 5.57 Å². The Morgan fingerprint density at radius 1 is 1.21 bits per heavy atom. The van der Waals surface area contributed by atoms with Gasteiger partial charge in [-0.3, -0.25) is 9.97 Å². The molecule has 0 atom stereocenters. The maximum Gasteiger partial charge on any atom is 0.0841 e. The monoisotopic (exact) mass is 189 g/mol. The molecular formula is C11H15N3. The summed E-state index contributed by atoms with van der Waals surface area (Å²) in [6.07, 6.45) is 10.8. The van der Waals surface area contributed by atoms with Gasteiger partial charge in [-0.05, 0) is 31.3 Å². The summed E-state index contributed by atoms with van der Waals surface area (Å²) >= 11 is 0. The molecule has 0 unspecified atom stereocenters. The maximum atomic E-state index is 5.46. The van der Waals surface area contributed by atoms with Gasteiger partial charge in [0, 0.05) is 6.54 Å². The Hall–Kier alpha value is -1.22. The molecule has 0 bridgehead atoms. The van der Waals surface area contributed by atoms with Crippen molar-refractivity contribution in [2.24, 2.45) is 5.73 Å². The fourth-order valence-corrected chi connectivity index (χ4v) is 1.70. The summed E-state index contributed by atoms with van der Waals surface area (Å²) in [5, 5.41) is 0. The van der Waals surface area contributed by atoms with Crippen LogP contribution in [0.1, 0.15) is 37.1 Å². The molecule has 0 fully saturated rings. The highest BCUT2D eigenvalue weighted by Gasteiger charge is 2.07. The smallest absolute Gasteiger partial charge is 0.0841 e. The molecule has 74 valence electrons. The highest BCUT2D eigenvalue weighted by Crippen LogP contribution is 2.24. The first kappa shape index (κ1) is 9.34. The highest BCUT2D eigenvalue weighted by molar-refractivity contribution is 5.62. The van der Waals surface area contributed by atoms with Crippen molar-refractivity contribution in [2.45, 2.75) is 32.2 Å². The second-order valence-corrected chi connectivity index (χ2v) is 3.57. The van der Waals surface area contributed by atoms with E-state index >= 15 is 0 Å². The Morgan fingerprint density at radius 3 is 2.71 bits per heavy atom. The Morgan fingerprint density at radius 2 is 2.14 bits per heavy atom. The molecule has 0 aromatic carbocycles. The Bertz CT molecular complexity index is 327. The minimum Gasteiger partial charge on any atom is -0.325 e. The van der Waals surface area contributed by atoms with E-state index in [4.69, 9.17) is 5.73 Å². The third-order valence-electron chi connectivity index (χ3n) is 2.53. The van der Waals surface area contributed by atoms with Gasteiger partial charge in [-0.1, -0.05) is 6.08 Å². The summed E-state index contributed by atoms with van der Waals surface area (Å²) < 4.78 is 0. The van der Waals surface area contributed by atoms with Gasteiger partial charge in [-0.15, -0.1) is 0 Å². The maximum absolute atomic E-state index is 5.46. The largest absolute Gasteiger partial charge is 0.325 e. The van der Waals surface area contributed by atoms with Crippen LogP contribution in [0.15, 0.2) is 18.5 Å². The number of rotatable bonds is 2. The molecule has 14 heavy (non-hydrogen) atoms. The molecule has 1 aliphatic carbocycles. The van der Waals surface area contributed by atoms with E-state index in [1.54, 1.807) is 6.20 Å². The molecule has 2 rings (SSSR count). The van der Waals surface area contributed by atoms with Gasteiger partial charge in [0.05, 0.1) is 23.8 Å². The van der Waals surface area contributed by atoms with E-state index in [1.807, 2.05) is 6.20 Å². The lowest BCUT2D eigenvalue weighted by Crippen LogP contribution is -2.02. The molecule has 0 amide bonds. The molecule has 3 heteroatoms. The fourth-order valence-electron chi connectivity index (χ4n) is 1.70. The molecule has 3 nitrogen and oxygen atoms in total. The van der Waals surface area contributed by atoms with E-state index in [1.165, 1.54) is 24.8 Å². The molecule has 1 aromatic rings. The van der Waals surface area contributed by atoms with Crippen LogP contribution in [-0.2, 0) is 6.54 Å². The zero-order valence-corrected chi connectivity index (χ0v) is 8.24. The molecule has 1 aromatic heterocycles. The zero-order chi connectivity index (χ0) is 9.80. The second-order valence-electron chi connectivity index (χ2n) is 3.57. The van der Waals surface area contributed by atoms with Gasteiger partial charge in [-0.2, -0.15) is 0 Å². The third-order valence-corrected chi connectivity index (χ3v) is 2.53. The van der Waals surface area contributed by atoms with Gasteiger partial charge >= 0.3 is 0 Å². The van der Waals surface area contributed by atoms with Crippen molar-refractivity contribution in [1.82, 2.24) is 9.97 Å². The molecule has 0 aliphatic heterocycles. The quantitative estimate of drug-likeness (QED) is 0.773. The first-order valence-corrected chi connectivity index (χ1v) is 5.10. The molecule has 0 radical (unpaired) electrons. The molecule has 2 N–H and O–H groups in total. The normalized spacial score (nSPS) is 16.5. The van der Waals surface area contributed by atoms with E-state index in [9.17, 15) is 0 Å². The number of nitrogens with zero attached hydrogens (tertiary/aromatic N) is 2. The van der Waals surface area contributed by atoms with E-state index < -0.39 is 0 Å². The Balaban J connectivity index is 2.19. The lowest BCUT2D eigenvalue weighted by molar-refractivity contribution is 0.739. The van der Waals surface area contributed by atoms with Gasteiger partial charge in [0.1, 0.15) is 0 Å².